The van der Waals surface area contributed by atoms with Gasteiger partial charge >= 0.3 is 0 Å². The molecule has 1 radical (unpaired) electrons. The summed E-state index contributed by atoms with van der Waals surface area (Å²) in [5, 5.41) is 0. The van der Waals surface area contributed by atoms with Crippen LogP contribution < -0.4 is 0 Å². The first-order valence-electron chi connectivity index (χ1n) is 22.0. The summed E-state index contributed by atoms with van der Waals surface area (Å²) >= 11 is 0. The number of rotatable bonds is 5. The van der Waals surface area contributed by atoms with Crippen LogP contribution in [0.2, 0.25) is 0 Å². The van der Waals surface area contributed by atoms with Crippen LogP contribution in [-0.4, -0.2) is 14.5 Å². The molecule has 0 N–H and O–H groups in total. The van der Waals surface area contributed by atoms with Gasteiger partial charge in [0.05, 0.1) is 5.82 Å². The van der Waals surface area contributed by atoms with Crippen molar-refractivity contribution in [2.45, 2.75) is 48.2 Å². The number of nitrogens with zero attached hydrogens (tertiary/aromatic N) is 3. The predicted molar refractivity (Wildman–Crippen MR) is 200 cm³/mol. The summed E-state index contributed by atoms with van der Waals surface area (Å²) in [5.74, 6) is 0.929. The van der Waals surface area contributed by atoms with Gasteiger partial charge in [0.1, 0.15) is 0 Å². The van der Waals surface area contributed by atoms with E-state index in [4.69, 9.17) is 17.8 Å². The molecule has 247 valence electrons. The molecule has 5 aromatic carbocycles. The van der Waals surface area contributed by atoms with E-state index in [0.717, 1.165) is 17.6 Å². The molecule has 2 aromatic heterocycles. The summed E-state index contributed by atoms with van der Waals surface area (Å²) in [6.07, 6.45) is 4.98. The number of pyridine rings is 1. The molecular formula is C45H41IrN3-2. The number of benzene rings is 5. The van der Waals surface area contributed by atoms with Crippen molar-refractivity contribution in [3.05, 3.63) is 173 Å². The summed E-state index contributed by atoms with van der Waals surface area (Å²) in [6.45, 7) is -6.93. The minimum Gasteiger partial charge on any atom is -0.340 e. The molecule has 0 aliphatic rings. The van der Waals surface area contributed by atoms with Crippen molar-refractivity contribution in [3.8, 4) is 50.6 Å². The quantitative estimate of drug-likeness (QED) is 0.162. The number of aryl methyl sites for hydroxylation is 7. The van der Waals surface area contributed by atoms with E-state index >= 15 is 0 Å². The molecular weight excluding hydrogens is 775 g/mol. The maximum Gasteiger partial charge on any atom is 0.0602 e. The van der Waals surface area contributed by atoms with Gasteiger partial charge in [0.25, 0.3) is 0 Å². The Morgan fingerprint density at radius 3 is 1.90 bits per heavy atom. The molecule has 0 spiro atoms. The molecule has 0 bridgehead atoms. The molecule has 49 heavy (non-hydrogen) atoms. The van der Waals surface area contributed by atoms with Crippen LogP contribution in [0.5, 0.6) is 0 Å². The van der Waals surface area contributed by atoms with Gasteiger partial charge in [0.2, 0.25) is 0 Å². The fraction of sp³-hybridized carbons (Fsp3) is 0.156. The molecule has 0 unspecified atom stereocenters. The van der Waals surface area contributed by atoms with E-state index in [1.807, 2.05) is 36.7 Å². The first kappa shape index (κ1) is 22.0. The number of hydrogen-bond donors (Lipinski definition) is 0. The van der Waals surface area contributed by atoms with Crippen molar-refractivity contribution >= 4 is 0 Å². The van der Waals surface area contributed by atoms with E-state index in [0.29, 0.717) is 11.3 Å². The summed E-state index contributed by atoms with van der Waals surface area (Å²) in [5.41, 5.74) is 4.92. The Morgan fingerprint density at radius 1 is 0.592 bits per heavy atom. The molecule has 7 aromatic rings. The SMILES string of the molecule is Cc1cccc(C)c1-n1ccnc1-c1[c-]cccc1.[2H]Cc1cc(C([2H])([2H])[2H])ccc1-c1cc(C([2H])([2H])[2H])c(-c2cc(-c3[c-]cccc3)ncc2C([2H])([2H])[2H])cc1C([2H])([2H])[2H].[Ir]. The fourth-order valence-electron chi connectivity index (χ4n) is 5.68. The molecule has 7 rings (SSSR count). The van der Waals surface area contributed by atoms with Crippen LogP contribution in [0.4, 0.5) is 0 Å². The molecule has 0 amide bonds. The summed E-state index contributed by atoms with van der Waals surface area (Å²) in [4.78, 5) is 8.75. The average molecular weight is 829 g/mol. The van der Waals surface area contributed by atoms with Crippen LogP contribution >= 0.6 is 0 Å². The minimum absolute atomic E-state index is 0. The third-order valence-electron chi connectivity index (χ3n) is 8.00. The van der Waals surface area contributed by atoms with Gasteiger partial charge in [0, 0.05) is 62.2 Å². The zero-order valence-electron chi connectivity index (χ0n) is 39.9. The Hall–Kier alpha value is -4.89. The van der Waals surface area contributed by atoms with Gasteiger partial charge in [0.15, 0.2) is 0 Å². The minimum atomic E-state index is -2.81. The zero-order valence-corrected chi connectivity index (χ0v) is 29.3. The van der Waals surface area contributed by atoms with Gasteiger partial charge in [-0.25, -0.2) is 0 Å². The molecule has 0 atom stereocenters. The van der Waals surface area contributed by atoms with Crippen LogP contribution in [0.3, 0.4) is 0 Å². The van der Waals surface area contributed by atoms with E-state index in [1.54, 1.807) is 24.3 Å². The van der Waals surface area contributed by atoms with E-state index in [1.165, 1.54) is 53.2 Å². The van der Waals surface area contributed by atoms with Gasteiger partial charge in [-0.3, -0.25) is 4.98 Å². The Kier molecular flexibility index (Phi) is 6.97. The number of para-hydroxylation sites is 1. The van der Waals surface area contributed by atoms with Gasteiger partial charge in [-0.2, -0.15) is 0 Å². The molecule has 2 heterocycles. The summed E-state index contributed by atoms with van der Waals surface area (Å²) in [7, 11) is 0. The van der Waals surface area contributed by atoms with E-state index in [9.17, 15) is 0 Å². The third-order valence-corrected chi connectivity index (χ3v) is 8.00. The van der Waals surface area contributed by atoms with Crippen molar-refractivity contribution in [2.75, 3.05) is 0 Å². The van der Waals surface area contributed by atoms with E-state index < -0.39 is 34.3 Å². The zero-order chi connectivity index (χ0) is 44.5. The Balaban J connectivity index is 0.000000301. The van der Waals surface area contributed by atoms with Crippen molar-refractivity contribution in [3.63, 3.8) is 0 Å². The van der Waals surface area contributed by atoms with Gasteiger partial charge in [-0.1, -0.05) is 60.2 Å². The Labute approximate surface area is 323 Å². The largest absolute Gasteiger partial charge is 0.340 e. The van der Waals surface area contributed by atoms with Crippen molar-refractivity contribution in [1.29, 1.82) is 0 Å². The smallest absolute Gasteiger partial charge is 0.0602 e. The Morgan fingerprint density at radius 2 is 1.27 bits per heavy atom. The van der Waals surface area contributed by atoms with E-state index in [2.05, 4.69) is 58.7 Å². The standard InChI is InChI=1S/C28H26N.C17H15N2.Ir/c1-18-11-12-24(19(2)13-18)25-14-21(4)26(15-20(25)3)27-16-28(29-17-22(27)5)23-9-7-6-8-10-23;1-13-7-6-8-14(2)16(13)19-12-11-18-17(19)15-9-4-3-5-10-15;/h6-9,11-17H,1-5H3;3-9,11-12H,1-2H3;/q2*-1;/i1D3,2D,3D3,4D3,5D3;;. The molecule has 3 nitrogen and oxygen atoms in total. The molecule has 0 aliphatic heterocycles. The van der Waals surface area contributed by atoms with Crippen LogP contribution in [0, 0.1) is 60.3 Å². The van der Waals surface area contributed by atoms with Gasteiger partial charge in [-0.15, -0.1) is 71.8 Å². The fourth-order valence-corrected chi connectivity index (χ4v) is 5.68. The van der Waals surface area contributed by atoms with Crippen LogP contribution in [0.15, 0.2) is 122 Å². The van der Waals surface area contributed by atoms with Crippen molar-refractivity contribution < 1.29 is 37.9 Å². The second-order valence-electron chi connectivity index (χ2n) is 11.3. The van der Waals surface area contributed by atoms with E-state index in [-0.39, 0.29) is 70.2 Å². The summed E-state index contributed by atoms with van der Waals surface area (Å²) < 4.78 is 107. The third kappa shape index (κ3) is 7.73. The topological polar surface area (TPSA) is 30.7 Å². The van der Waals surface area contributed by atoms with Crippen molar-refractivity contribution in [1.82, 2.24) is 14.5 Å². The molecule has 0 aliphatic carbocycles. The first-order chi connectivity index (χ1) is 28.6. The molecule has 0 saturated carbocycles. The number of imidazole rings is 1. The molecule has 0 saturated heterocycles. The normalized spacial score (nSPS) is 15.5. The Bertz CT molecular complexity index is 2630. The van der Waals surface area contributed by atoms with Crippen LogP contribution in [0.1, 0.15) is 56.8 Å². The van der Waals surface area contributed by atoms with Gasteiger partial charge in [-0.05, 0) is 109 Å². The number of hydrogen-bond acceptors (Lipinski definition) is 2. The monoisotopic (exact) mass is 829 g/mol. The average Bonchev–Trinajstić information content (AvgIpc) is 3.69. The molecule has 0 fully saturated rings. The maximum atomic E-state index is 8.33. The van der Waals surface area contributed by atoms with Crippen molar-refractivity contribution in [2.24, 2.45) is 0 Å². The van der Waals surface area contributed by atoms with Crippen LogP contribution in [0.25, 0.3) is 50.6 Å². The second kappa shape index (κ2) is 15.6. The maximum absolute atomic E-state index is 8.33. The molecule has 4 heteroatoms. The predicted octanol–water partition coefficient (Wildman–Crippen LogP) is 11.4. The summed E-state index contributed by atoms with van der Waals surface area (Å²) in [6, 6.07) is 35.1. The number of aromatic nitrogens is 3. The van der Waals surface area contributed by atoms with Gasteiger partial charge < -0.3 is 9.55 Å². The second-order valence-corrected chi connectivity index (χ2v) is 11.3. The first-order valence-corrected chi connectivity index (χ1v) is 15.3. The van der Waals surface area contributed by atoms with Crippen LogP contribution in [-0.2, 0) is 20.1 Å².